The first kappa shape index (κ1) is 13.0. The molecule has 0 unspecified atom stereocenters. The van der Waals surface area contributed by atoms with Crippen LogP contribution in [0.3, 0.4) is 0 Å². The van der Waals surface area contributed by atoms with Gasteiger partial charge in [0.25, 0.3) is 0 Å². The van der Waals surface area contributed by atoms with Gasteiger partial charge in [-0.15, -0.1) is 0 Å². The second kappa shape index (κ2) is 5.04. The Balaban J connectivity index is 2.22. The van der Waals surface area contributed by atoms with Crippen LogP contribution in [0.1, 0.15) is 25.1 Å². The van der Waals surface area contributed by atoms with E-state index in [1.807, 2.05) is 39.0 Å². The summed E-state index contributed by atoms with van der Waals surface area (Å²) < 4.78 is 5.69. The summed E-state index contributed by atoms with van der Waals surface area (Å²) in [6.07, 6.45) is 0. The highest BCUT2D eigenvalue weighted by Crippen LogP contribution is 2.19. The fourth-order valence-corrected chi connectivity index (χ4v) is 1.94. The Kier molecular flexibility index (Phi) is 3.64. The lowest BCUT2D eigenvalue weighted by Crippen LogP contribution is -2.37. The Bertz CT molecular complexity index is 544. The number of para-hydroxylation sites is 1. The summed E-state index contributed by atoms with van der Waals surface area (Å²) in [7, 11) is 0. The quantitative estimate of drug-likeness (QED) is 0.899. The van der Waals surface area contributed by atoms with Crippen molar-refractivity contribution in [2.24, 2.45) is 5.73 Å². The monoisotopic (exact) mass is 244 g/mol. The summed E-state index contributed by atoms with van der Waals surface area (Å²) in [6, 6.07) is 10.2. The van der Waals surface area contributed by atoms with Crippen LogP contribution >= 0.6 is 0 Å². The Morgan fingerprint density at radius 2 is 2.00 bits per heavy atom. The molecular formula is C15H20N2O. The molecule has 0 saturated carbocycles. The van der Waals surface area contributed by atoms with Gasteiger partial charge < -0.3 is 10.5 Å². The van der Waals surface area contributed by atoms with E-state index in [1.165, 1.54) is 5.56 Å². The zero-order valence-electron chi connectivity index (χ0n) is 11.2. The summed E-state index contributed by atoms with van der Waals surface area (Å²) >= 11 is 0. The zero-order valence-corrected chi connectivity index (χ0v) is 11.2. The zero-order chi connectivity index (χ0) is 13.2. The number of hydrogen-bond donors (Lipinski definition) is 1. The molecule has 0 radical (unpaired) electrons. The highest BCUT2D eigenvalue weighted by Gasteiger charge is 2.11. The lowest BCUT2D eigenvalue weighted by atomic mass is 10.1. The molecule has 2 aromatic rings. The SMILES string of the molecule is Cc1cc(COCC(C)(C)N)c2ccccc2n1. The predicted molar refractivity (Wildman–Crippen MR) is 74.4 cm³/mol. The first-order valence-corrected chi connectivity index (χ1v) is 6.18. The molecule has 18 heavy (non-hydrogen) atoms. The number of nitrogens with zero attached hydrogens (tertiary/aromatic N) is 1. The van der Waals surface area contributed by atoms with Crippen LogP contribution in [0.5, 0.6) is 0 Å². The van der Waals surface area contributed by atoms with Crippen LogP contribution in [0.25, 0.3) is 10.9 Å². The molecule has 1 aromatic carbocycles. The average molecular weight is 244 g/mol. The molecule has 96 valence electrons. The molecule has 0 atom stereocenters. The third-order valence-corrected chi connectivity index (χ3v) is 2.66. The van der Waals surface area contributed by atoms with Gasteiger partial charge in [-0.25, -0.2) is 0 Å². The highest BCUT2D eigenvalue weighted by molar-refractivity contribution is 5.82. The van der Waals surface area contributed by atoms with E-state index < -0.39 is 0 Å². The molecule has 0 aliphatic heterocycles. The smallest absolute Gasteiger partial charge is 0.0725 e. The summed E-state index contributed by atoms with van der Waals surface area (Å²) in [5.74, 6) is 0. The molecule has 0 spiro atoms. The van der Waals surface area contributed by atoms with Crippen molar-refractivity contribution in [3.8, 4) is 0 Å². The van der Waals surface area contributed by atoms with Gasteiger partial charge in [0.15, 0.2) is 0 Å². The van der Waals surface area contributed by atoms with Crippen molar-refractivity contribution >= 4 is 10.9 Å². The standard InChI is InChI=1S/C15H20N2O/c1-11-8-12(9-18-10-15(2,3)16)13-6-4-5-7-14(13)17-11/h4-8H,9-10,16H2,1-3H3. The van der Waals surface area contributed by atoms with Crippen molar-refractivity contribution in [2.45, 2.75) is 32.9 Å². The topological polar surface area (TPSA) is 48.1 Å². The Labute approximate surface area is 108 Å². The lowest BCUT2D eigenvalue weighted by Gasteiger charge is -2.18. The molecule has 1 heterocycles. The summed E-state index contributed by atoms with van der Waals surface area (Å²) in [4.78, 5) is 4.51. The molecule has 3 heteroatoms. The third-order valence-electron chi connectivity index (χ3n) is 2.66. The molecule has 0 bridgehead atoms. The lowest BCUT2D eigenvalue weighted by molar-refractivity contribution is 0.0857. The number of aromatic nitrogens is 1. The van der Waals surface area contributed by atoms with Crippen LogP contribution in [-0.4, -0.2) is 17.1 Å². The van der Waals surface area contributed by atoms with E-state index >= 15 is 0 Å². The van der Waals surface area contributed by atoms with Crippen LogP contribution in [0.4, 0.5) is 0 Å². The fourth-order valence-electron chi connectivity index (χ4n) is 1.94. The van der Waals surface area contributed by atoms with Crippen molar-refractivity contribution in [3.05, 3.63) is 41.6 Å². The van der Waals surface area contributed by atoms with Crippen LogP contribution in [0, 0.1) is 6.92 Å². The predicted octanol–water partition coefficient (Wildman–Crippen LogP) is 2.80. The number of nitrogens with two attached hydrogens (primary N) is 1. The van der Waals surface area contributed by atoms with Gasteiger partial charge in [-0.1, -0.05) is 18.2 Å². The number of fused-ring (bicyclic) bond motifs is 1. The molecule has 3 nitrogen and oxygen atoms in total. The molecule has 2 rings (SSSR count). The van der Waals surface area contributed by atoms with Crippen LogP contribution in [0.15, 0.2) is 30.3 Å². The van der Waals surface area contributed by atoms with Gasteiger partial charge in [0.05, 0.1) is 18.7 Å². The van der Waals surface area contributed by atoms with Crippen molar-refractivity contribution in [2.75, 3.05) is 6.61 Å². The van der Waals surface area contributed by atoms with Gasteiger partial charge in [0.2, 0.25) is 0 Å². The number of rotatable bonds is 4. The summed E-state index contributed by atoms with van der Waals surface area (Å²) in [5.41, 5.74) is 8.81. The first-order chi connectivity index (χ1) is 8.46. The van der Waals surface area contributed by atoms with Crippen LogP contribution in [-0.2, 0) is 11.3 Å². The van der Waals surface area contributed by atoms with Crippen molar-refractivity contribution in [3.63, 3.8) is 0 Å². The van der Waals surface area contributed by atoms with Gasteiger partial charge in [-0.2, -0.15) is 0 Å². The molecule has 1 aromatic heterocycles. The second-order valence-corrected chi connectivity index (χ2v) is 5.42. The Morgan fingerprint density at radius 1 is 1.28 bits per heavy atom. The first-order valence-electron chi connectivity index (χ1n) is 6.18. The van der Waals surface area contributed by atoms with Gasteiger partial charge in [0.1, 0.15) is 0 Å². The number of pyridine rings is 1. The Morgan fingerprint density at radius 3 is 2.72 bits per heavy atom. The molecular weight excluding hydrogens is 224 g/mol. The van der Waals surface area contributed by atoms with E-state index in [4.69, 9.17) is 10.5 Å². The number of benzene rings is 1. The summed E-state index contributed by atoms with van der Waals surface area (Å²) in [5, 5.41) is 1.15. The minimum atomic E-state index is -0.294. The van der Waals surface area contributed by atoms with Crippen LogP contribution < -0.4 is 5.73 Å². The van der Waals surface area contributed by atoms with Crippen molar-refractivity contribution in [1.82, 2.24) is 4.98 Å². The van der Waals surface area contributed by atoms with Gasteiger partial charge in [-0.3, -0.25) is 4.98 Å². The van der Waals surface area contributed by atoms with E-state index in [0.717, 1.165) is 16.6 Å². The van der Waals surface area contributed by atoms with E-state index in [1.54, 1.807) is 0 Å². The van der Waals surface area contributed by atoms with E-state index in [9.17, 15) is 0 Å². The molecule has 0 saturated heterocycles. The van der Waals surface area contributed by atoms with Gasteiger partial charge >= 0.3 is 0 Å². The molecule has 0 fully saturated rings. The largest absolute Gasteiger partial charge is 0.375 e. The third kappa shape index (κ3) is 3.28. The molecule has 2 N–H and O–H groups in total. The average Bonchev–Trinajstić information content (AvgIpc) is 2.27. The normalized spacial score (nSPS) is 12.0. The molecule has 0 aliphatic carbocycles. The van der Waals surface area contributed by atoms with Gasteiger partial charge in [-0.05, 0) is 38.5 Å². The fraction of sp³-hybridized carbons (Fsp3) is 0.400. The highest BCUT2D eigenvalue weighted by atomic mass is 16.5. The van der Waals surface area contributed by atoms with Crippen molar-refractivity contribution in [1.29, 1.82) is 0 Å². The van der Waals surface area contributed by atoms with E-state index in [-0.39, 0.29) is 5.54 Å². The maximum absolute atomic E-state index is 5.90. The van der Waals surface area contributed by atoms with Crippen LogP contribution in [0.2, 0.25) is 0 Å². The Hall–Kier alpha value is -1.45. The number of aryl methyl sites for hydroxylation is 1. The molecule has 0 amide bonds. The van der Waals surface area contributed by atoms with E-state index in [0.29, 0.717) is 13.2 Å². The maximum Gasteiger partial charge on any atom is 0.0725 e. The maximum atomic E-state index is 5.90. The molecule has 0 aliphatic rings. The minimum absolute atomic E-state index is 0.294. The van der Waals surface area contributed by atoms with Gasteiger partial charge in [0, 0.05) is 16.6 Å². The summed E-state index contributed by atoms with van der Waals surface area (Å²) in [6.45, 7) is 7.04. The minimum Gasteiger partial charge on any atom is -0.375 e. The van der Waals surface area contributed by atoms with Crippen molar-refractivity contribution < 1.29 is 4.74 Å². The number of ether oxygens (including phenoxy) is 1. The van der Waals surface area contributed by atoms with E-state index in [2.05, 4.69) is 17.1 Å². The number of hydrogen-bond acceptors (Lipinski definition) is 3. The second-order valence-electron chi connectivity index (χ2n) is 5.42.